The summed E-state index contributed by atoms with van der Waals surface area (Å²) in [5.74, 6) is 0.682. The molecule has 0 aromatic carbocycles. The average molecular weight is 270 g/mol. The number of carbonyl (C=O) groups excluding carboxylic acids is 1. The first-order chi connectivity index (χ1) is 9.65. The number of rotatable bonds is 6. The van der Waals surface area contributed by atoms with Crippen molar-refractivity contribution in [1.82, 2.24) is 9.97 Å². The second kappa shape index (κ2) is 6.80. The van der Waals surface area contributed by atoms with Crippen LogP contribution in [0.15, 0.2) is 42.9 Å². The average Bonchev–Trinajstić information content (AvgIpc) is 2.45. The van der Waals surface area contributed by atoms with Crippen LogP contribution in [0.3, 0.4) is 0 Å². The third kappa shape index (κ3) is 4.16. The standard InChI is InChI=1S/C16H18N2O2/c1-12(2)20-15-9-13(10-17-11-15)16(19)7-6-14-5-3-4-8-18-14/h3-5,8-12H,6-7H2,1-2H3. The summed E-state index contributed by atoms with van der Waals surface area (Å²) < 4.78 is 5.54. The van der Waals surface area contributed by atoms with E-state index in [0.717, 1.165) is 5.69 Å². The van der Waals surface area contributed by atoms with E-state index < -0.39 is 0 Å². The van der Waals surface area contributed by atoms with Crippen molar-refractivity contribution in [1.29, 1.82) is 0 Å². The number of aromatic nitrogens is 2. The van der Waals surface area contributed by atoms with Gasteiger partial charge in [-0.05, 0) is 38.5 Å². The normalized spacial score (nSPS) is 10.6. The summed E-state index contributed by atoms with van der Waals surface area (Å²) in [7, 11) is 0. The second-order valence-electron chi connectivity index (χ2n) is 4.82. The zero-order valence-electron chi connectivity index (χ0n) is 11.7. The van der Waals surface area contributed by atoms with Crippen LogP contribution in [-0.4, -0.2) is 21.9 Å². The molecule has 0 atom stereocenters. The Hall–Kier alpha value is -2.23. The van der Waals surface area contributed by atoms with Gasteiger partial charge in [0, 0.05) is 30.1 Å². The zero-order valence-corrected chi connectivity index (χ0v) is 11.7. The first-order valence-electron chi connectivity index (χ1n) is 6.70. The van der Waals surface area contributed by atoms with Gasteiger partial charge in [0.2, 0.25) is 0 Å². The Kier molecular flexibility index (Phi) is 4.82. The maximum Gasteiger partial charge on any atom is 0.164 e. The summed E-state index contributed by atoms with van der Waals surface area (Å²) >= 11 is 0. The topological polar surface area (TPSA) is 52.1 Å². The lowest BCUT2D eigenvalue weighted by atomic mass is 10.1. The van der Waals surface area contributed by atoms with E-state index in [1.54, 1.807) is 24.7 Å². The highest BCUT2D eigenvalue weighted by Crippen LogP contribution is 2.15. The van der Waals surface area contributed by atoms with Gasteiger partial charge in [0.15, 0.2) is 5.78 Å². The predicted octanol–water partition coefficient (Wildman–Crippen LogP) is 3.08. The van der Waals surface area contributed by atoms with Crippen molar-refractivity contribution in [2.24, 2.45) is 0 Å². The van der Waals surface area contributed by atoms with Crippen molar-refractivity contribution in [3.63, 3.8) is 0 Å². The van der Waals surface area contributed by atoms with Crippen molar-refractivity contribution in [2.45, 2.75) is 32.8 Å². The lowest BCUT2D eigenvalue weighted by Gasteiger charge is -2.09. The van der Waals surface area contributed by atoms with Gasteiger partial charge in [-0.3, -0.25) is 14.8 Å². The molecule has 2 aromatic rings. The van der Waals surface area contributed by atoms with Crippen LogP contribution in [0.25, 0.3) is 0 Å². The minimum absolute atomic E-state index is 0.0531. The third-order valence-corrected chi connectivity index (χ3v) is 2.74. The van der Waals surface area contributed by atoms with E-state index in [2.05, 4.69) is 9.97 Å². The maximum absolute atomic E-state index is 12.1. The molecule has 4 nitrogen and oxygen atoms in total. The molecule has 0 spiro atoms. The first-order valence-corrected chi connectivity index (χ1v) is 6.70. The van der Waals surface area contributed by atoms with Crippen molar-refractivity contribution >= 4 is 5.78 Å². The van der Waals surface area contributed by atoms with Crippen LogP contribution in [0, 0.1) is 0 Å². The Labute approximate surface area is 118 Å². The van der Waals surface area contributed by atoms with Gasteiger partial charge in [0.05, 0.1) is 12.3 Å². The Morgan fingerprint density at radius 3 is 2.85 bits per heavy atom. The van der Waals surface area contributed by atoms with Gasteiger partial charge < -0.3 is 4.74 Å². The van der Waals surface area contributed by atoms with E-state index in [1.165, 1.54) is 0 Å². The molecule has 0 aliphatic carbocycles. The molecule has 4 heteroatoms. The van der Waals surface area contributed by atoms with Crippen LogP contribution < -0.4 is 4.74 Å². The van der Waals surface area contributed by atoms with Crippen molar-refractivity contribution in [3.05, 3.63) is 54.1 Å². The summed E-state index contributed by atoms with van der Waals surface area (Å²) in [6.45, 7) is 3.88. The second-order valence-corrected chi connectivity index (χ2v) is 4.82. The summed E-state index contributed by atoms with van der Waals surface area (Å²) in [6.07, 6.45) is 6.05. The Balaban J connectivity index is 1.98. The minimum atomic E-state index is 0.0531. The molecule has 0 amide bonds. The molecule has 0 aliphatic heterocycles. The van der Waals surface area contributed by atoms with E-state index in [0.29, 0.717) is 24.2 Å². The molecular weight excluding hydrogens is 252 g/mol. The number of hydrogen-bond acceptors (Lipinski definition) is 4. The maximum atomic E-state index is 12.1. The highest BCUT2D eigenvalue weighted by atomic mass is 16.5. The van der Waals surface area contributed by atoms with Gasteiger partial charge in [-0.25, -0.2) is 0 Å². The number of nitrogens with zero attached hydrogens (tertiary/aromatic N) is 2. The van der Waals surface area contributed by atoms with Crippen LogP contribution in [0.5, 0.6) is 5.75 Å². The highest BCUT2D eigenvalue weighted by Gasteiger charge is 2.09. The predicted molar refractivity (Wildman–Crippen MR) is 76.9 cm³/mol. The zero-order chi connectivity index (χ0) is 14.4. The van der Waals surface area contributed by atoms with Gasteiger partial charge in [0.25, 0.3) is 0 Å². The number of carbonyl (C=O) groups is 1. The Bertz CT molecular complexity index is 568. The molecule has 2 aromatic heterocycles. The van der Waals surface area contributed by atoms with Gasteiger partial charge >= 0.3 is 0 Å². The third-order valence-electron chi connectivity index (χ3n) is 2.74. The number of Topliss-reactive ketones (excluding diaryl/α,β-unsaturated/α-hetero) is 1. The monoisotopic (exact) mass is 270 g/mol. The Morgan fingerprint density at radius 2 is 2.15 bits per heavy atom. The van der Waals surface area contributed by atoms with Gasteiger partial charge in [-0.1, -0.05) is 6.07 Å². The van der Waals surface area contributed by atoms with E-state index in [1.807, 2.05) is 32.0 Å². The fraction of sp³-hybridized carbons (Fsp3) is 0.312. The smallest absolute Gasteiger partial charge is 0.164 e. The number of pyridine rings is 2. The summed E-state index contributed by atoms with van der Waals surface area (Å²) in [4.78, 5) is 20.4. The van der Waals surface area contributed by atoms with E-state index in [9.17, 15) is 4.79 Å². The molecule has 20 heavy (non-hydrogen) atoms. The van der Waals surface area contributed by atoms with Crippen LogP contribution in [0.1, 0.15) is 36.3 Å². The van der Waals surface area contributed by atoms with Gasteiger partial charge in [-0.15, -0.1) is 0 Å². The van der Waals surface area contributed by atoms with Crippen molar-refractivity contribution in [2.75, 3.05) is 0 Å². The molecule has 0 N–H and O–H groups in total. The lowest BCUT2D eigenvalue weighted by molar-refractivity contribution is 0.0981. The first kappa shape index (κ1) is 14.2. The van der Waals surface area contributed by atoms with E-state index in [4.69, 9.17) is 4.74 Å². The lowest BCUT2D eigenvalue weighted by Crippen LogP contribution is -2.08. The van der Waals surface area contributed by atoms with Crippen molar-refractivity contribution < 1.29 is 9.53 Å². The van der Waals surface area contributed by atoms with E-state index in [-0.39, 0.29) is 11.9 Å². The molecule has 104 valence electrons. The molecule has 2 rings (SSSR count). The molecule has 2 heterocycles. The molecular formula is C16H18N2O2. The molecule has 0 saturated carbocycles. The summed E-state index contributed by atoms with van der Waals surface area (Å²) in [5.41, 5.74) is 1.50. The minimum Gasteiger partial charge on any atom is -0.489 e. The number of ether oxygens (including phenoxy) is 1. The molecule has 0 saturated heterocycles. The van der Waals surface area contributed by atoms with Crippen molar-refractivity contribution in [3.8, 4) is 5.75 Å². The van der Waals surface area contributed by atoms with Gasteiger partial charge in [0.1, 0.15) is 5.75 Å². The molecule has 0 fully saturated rings. The van der Waals surface area contributed by atoms with Crippen LogP contribution in [0.4, 0.5) is 0 Å². The molecule has 0 radical (unpaired) electrons. The fourth-order valence-corrected chi connectivity index (χ4v) is 1.84. The molecule has 0 bridgehead atoms. The largest absolute Gasteiger partial charge is 0.489 e. The summed E-state index contributed by atoms with van der Waals surface area (Å²) in [6, 6.07) is 7.45. The van der Waals surface area contributed by atoms with Gasteiger partial charge in [-0.2, -0.15) is 0 Å². The fourth-order valence-electron chi connectivity index (χ4n) is 1.84. The van der Waals surface area contributed by atoms with E-state index >= 15 is 0 Å². The van der Waals surface area contributed by atoms with Crippen LogP contribution in [-0.2, 0) is 6.42 Å². The van der Waals surface area contributed by atoms with Crippen LogP contribution in [0.2, 0.25) is 0 Å². The Morgan fingerprint density at radius 1 is 1.30 bits per heavy atom. The SMILES string of the molecule is CC(C)Oc1cncc(C(=O)CCc2ccccn2)c1. The number of hydrogen-bond donors (Lipinski definition) is 0. The quantitative estimate of drug-likeness (QED) is 0.757. The summed E-state index contributed by atoms with van der Waals surface area (Å²) in [5, 5.41) is 0. The molecule has 0 unspecified atom stereocenters. The highest BCUT2D eigenvalue weighted by molar-refractivity contribution is 5.96. The molecule has 0 aliphatic rings. The number of ketones is 1. The van der Waals surface area contributed by atoms with Crippen LogP contribution >= 0.6 is 0 Å². The number of aryl methyl sites for hydroxylation is 1.